The third-order valence-corrected chi connectivity index (χ3v) is 4.43. The van der Waals surface area contributed by atoms with Gasteiger partial charge in [-0.25, -0.2) is 0 Å². The van der Waals surface area contributed by atoms with E-state index in [9.17, 15) is 14.7 Å². The van der Waals surface area contributed by atoms with Crippen LogP contribution in [0.4, 0.5) is 11.4 Å². The standard InChI is InChI=1S/C19H16N2O3S/c1-12-8-9-15(16(22)11-12)21-18(23)13-5-2-3-6-14(13)20-19(24)17-7-4-10-25-17/h2-11,22H,1H3,(H,20,24)(H,21,23). The Bertz CT molecular complexity index is 920. The Morgan fingerprint density at radius 2 is 1.68 bits per heavy atom. The number of phenols is 1. The molecule has 1 heterocycles. The second kappa shape index (κ2) is 7.19. The first kappa shape index (κ1) is 16.7. The molecule has 0 atom stereocenters. The van der Waals surface area contributed by atoms with Gasteiger partial charge in [-0.05, 0) is 48.2 Å². The van der Waals surface area contributed by atoms with Crippen LogP contribution in [0.2, 0.25) is 0 Å². The van der Waals surface area contributed by atoms with Gasteiger partial charge in [0, 0.05) is 0 Å². The fraction of sp³-hybridized carbons (Fsp3) is 0.0526. The van der Waals surface area contributed by atoms with Crippen molar-refractivity contribution in [3.05, 3.63) is 76.0 Å². The topological polar surface area (TPSA) is 78.4 Å². The molecule has 5 nitrogen and oxygen atoms in total. The van der Waals surface area contributed by atoms with Gasteiger partial charge in [-0.2, -0.15) is 0 Å². The summed E-state index contributed by atoms with van der Waals surface area (Å²) in [5.41, 5.74) is 1.92. The fourth-order valence-corrected chi connectivity index (χ4v) is 2.94. The van der Waals surface area contributed by atoms with E-state index in [-0.39, 0.29) is 11.7 Å². The van der Waals surface area contributed by atoms with Crippen molar-refractivity contribution in [2.45, 2.75) is 6.92 Å². The zero-order valence-corrected chi connectivity index (χ0v) is 14.3. The number of anilines is 2. The summed E-state index contributed by atoms with van der Waals surface area (Å²) in [6, 6.07) is 15.2. The van der Waals surface area contributed by atoms with Crippen LogP contribution in [-0.4, -0.2) is 16.9 Å². The van der Waals surface area contributed by atoms with Crippen LogP contribution in [0.15, 0.2) is 60.0 Å². The van der Waals surface area contributed by atoms with Crippen LogP contribution in [0.1, 0.15) is 25.6 Å². The van der Waals surface area contributed by atoms with E-state index in [2.05, 4.69) is 10.6 Å². The first-order valence-corrected chi connectivity index (χ1v) is 8.47. The molecule has 0 radical (unpaired) electrons. The molecule has 3 aromatic rings. The minimum atomic E-state index is -0.416. The van der Waals surface area contributed by atoms with E-state index in [4.69, 9.17) is 0 Å². The number of hydrogen-bond acceptors (Lipinski definition) is 4. The van der Waals surface area contributed by atoms with E-state index in [1.54, 1.807) is 54.6 Å². The SMILES string of the molecule is Cc1ccc(NC(=O)c2ccccc2NC(=O)c2cccs2)c(O)c1. The van der Waals surface area contributed by atoms with Crippen molar-refractivity contribution >= 4 is 34.5 Å². The van der Waals surface area contributed by atoms with Gasteiger partial charge < -0.3 is 15.7 Å². The summed E-state index contributed by atoms with van der Waals surface area (Å²) in [4.78, 5) is 25.4. The van der Waals surface area contributed by atoms with E-state index in [1.165, 1.54) is 11.3 Å². The summed E-state index contributed by atoms with van der Waals surface area (Å²) in [5.74, 6) is -0.692. The number of carbonyl (C=O) groups excluding carboxylic acids is 2. The molecule has 6 heteroatoms. The van der Waals surface area contributed by atoms with Gasteiger partial charge in [0.15, 0.2) is 0 Å². The molecular formula is C19H16N2O3S. The van der Waals surface area contributed by atoms with E-state index < -0.39 is 5.91 Å². The number of aryl methyl sites for hydroxylation is 1. The van der Waals surface area contributed by atoms with Crippen molar-refractivity contribution in [1.29, 1.82) is 0 Å². The number of rotatable bonds is 4. The Labute approximate surface area is 148 Å². The Balaban J connectivity index is 1.82. The molecule has 3 rings (SSSR count). The molecule has 126 valence electrons. The zero-order valence-electron chi connectivity index (χ0n) is 13.4. The molecular weight excluding hydrogens is 336 g/mol. The van der Waals surface area contributed by atoms with Gasteiger partial charge in [-0.1, -0.05) is 24.3 Å². The molecule has 0 saturated carbocycles. The lowest BCUT2D eigenvalue weighted by Gasteiger charge is -2.12. The smallest absolute Gasteiger partial charge is 0.265 e. The van der Waals surface area contributed by atoms with Crippen LogP contribution < -0.4 is 10.6 Å². The van der Waals surface area contributed by atoms with Crippen molar-refractivity contribution in [3.8, 4) is 5.75 Å². The Hall–Kier alpha value is -3.12. The number of benzene rings is 2. The van der Waals surface area contributed by atoms with E-state index >= 15 is 0 Å². The number of hydrogen-bond donors (Lipinski definition) is 3. The highest BCUT2D eigenvalue weighted by molar-refractivity contribution is 7.12. The number of nitrogens with one attached hydrogen (secondary N) is 2. The molecule has 2 amide bonds. The maximum absolute atomic E-state index is 12.6. The van der Waals surface area contributed by atoms with E-state index in [0.29, 0.717) is 21.8 Å². The lowest BCUT2D eigenvalue weighted by atomic mass is 10.1. The highest BCUT2D eigenvalue weighted by atomic mass is 32.1. The number of para-hydroxylation sites is 1. The highest BCUT2D eigenvalue weighted by Crippen LogP contribution is 2.26. The Morgan fingerprint density at radius 3 is 2.40 bits per heavy atom. The number of amides is 2. The van der Waals surface area contributed by atoms with Crippen molar-refractivity contribution in [2.24, 2.45) is 0 Å². The number of thiophene rings is 1. The van der Waals surface area contributed by atoms with Gasteiger partial charge in [-0.15, -0.1) is 11.3 Å². The Kier molecular flexibility index (Phi) is 4.81. The summed E-state index contributed by atoms with van der Waals surface area (Å²) < 4.78 is 0. The molecule has 3 N–H and O–H groups in total. The summed E-state index contributed by atoms with van der Waals surface area (Å²) in [7, 11) is 0. The first-order valence-electron chi connectivity index (χ1n) is 7.59. The van der Waals surface area contributed by atoms with Gasteiger partial charge in [0.05, 0.1) is 21.8 Å². The molecule has 2 aromatic carbocycles. The fourth-order valence-electron chi connectivity index (χ4n) is 2.32. The third-order valence-electron chi connectivity index (χ3n) is 3.57. The first-order chi connectivity index (χ1) is 12.0. The van der Waals surface area contributed by atoms with Gasteiger partial charge in [-0.3, -0.25) is 9.59 Å². The van der Waals surface area contributed by atoms with Crippen LogP contribution in [0.25, 0.3) is 0 Å². The molecule has 0 unspecified atom stereocenters. The van der Waals surface area contributed by atoms with Crippen LogP contribution in [-0.2, 0) is 0 Å². The number of aromatic hydroxyl groups is 1. The van der Waals surface area contributed by atoms with Crippen LogP contribution >= 0.6 is 11.3 Å². The van der Waals surface area contributed by atoms with Crippen LogP contribution in [0, 0.1) is 6.92 Å². The van der Waals surface area contributed by atoms with Crippen molar-refractivity contribution in [3.63, 3.8) is 0 Å². The van der Waals surface area contributed by atoms with Crippen molar-refractivity contribution in [1.82, 2.24) is 0 Å². The second-order valence-corrected chi connectivity index (χ2v) is 6.40. The predicted molar refractivity (Wildman–Crippen MR) is 99.5 cm³/mol. The minimum Gasteiger partial charge on any atom is -0.506 e. The van der Waals surface area contributed by atoms with Gasteiger partial charge >= 0.3 is 0 Å². The van der Waals surface area contributed by atoms with Crippen LogP contribution in [0.5, 0.6) is 5.75 Å². The van der Waals surface area contributed by atoms with Gasteiger partial charge in [0.1, 0.15) is 5.75 Å². The predicted octanol–water partition coefficient (Wildman–Crippen LogP) is 4.27. The number of phenolic OH excluding ortho intramolecular Hbond substituents is 1. The average molecular weight is 352 g/mol. The Morgan fingerprint density at radius 1 is 0.920 bits per heavy atom. The summed E-state index contributed by atoms with van der Waals surface area (Å²) in [6.45, 7) is 1.85. The molecule has 0 aliphatic carbocycles. The maximum atomic E-state index is 12.6. The van der Waals surface area contributed by atoms with E-state index in [0.717, 1.165) is 5.56 Å². The molecule has 0 aliphatic rings. The summed E-state index contributed by atoms with van der Waals surface area (Å²) in [6.07, 6.45) is 0. The molecule has 0 spiro atoms. The molecule has 25 heavy (non-hydrogen) atoms. The average Bonchev–Trinajstić information content (AvgIpc) is 3.12. The quantitative estimate of drug-likeness (QED) is 0.614. The van der Waals surface area contributed by atoms with Gasteiger partial charge in [0.25, 0.3) is 11.8 Å². The maximum Gasteiger partial charge on any atom is 0.265 e. The number of carbonyl (C=O) groups is 2. The van der Waals surface area contributed by atoms with Crippen molar-refractivity contribution < 1.29 is 14.7 Å². The molecule has 0 fully saturated rings. The normalized spacial score (nSPS) is 10.3. The lowest BCUT2D eigenvalue weighted by Crippen LogP contribution is -2.17. The second-order valence-electron chi connectivity index (χ2n) is 5.45. The lowest BCUT2D eigenvalue weighted by molar-refractivity contribution is 0.102. The van der Waals surface area contributed by atoms with Crippen molar-refractivity contribution in [2.75, 3.05) is 10.6 Å². The monoisotopic (exact) mass is 352 g/mol. The van der Waals surface area contributed by atoms with Gasteiger partial charge in [0.2, 0.25) is 0 Å². The molecule has 0 saturated heterocycles. The zero-order chi connectivity index (χ0) is 17.8. The van der Waals surface area contributed by atoms with Crippen LogP contribution in [0.3, 0.4) is 0 Å². The summed E-state index contributed by atoms with van der Waals surface area (Å²) >= 11 is 1.32. The largest absolute Gasteiger partial charge is 0.506 e. The highest BCUT2D eigenvalue weighted by Gasteiger charge is 2.15. The molecule has 1 aromatic heterocycles. The molecule has 0 bridgehead atoms. The minimum absolute atomic E-state index is 0.00606. The summed E-state index contributed by atoms with van der Waals surface area (Å²) in [5, 5.41) is 17.2. The molecule has 0 aliphatic heterocycles. The third kappa shape index (κ3) is 3.87. The van der Waals surface area contributed by atoms with E-state index in [1.807, 2.05) is 12.3 Å².